The summed E-state index contributed by atoms with van der Waals surface area (Å²) in [5.41, 5.74) is 0.430. The highest BCUT2D eigenvalue weighted by atomic mass is 28.4. The quantitative estimate of drug-likeness (QED) is 0.0516. The van der Waals surface area contributed by atoms with E-state index in [2.05, 4.69) is 48.1 Å². The minimum Gasteiger partial charge on any atom is -0.413 e. The van der Waals surface area contributed by atoms with E-state index >= 15 is 0 Å². The van der Waals surface area contributed by atoms with E-state index in [9.17, 15) is 35.5 Å². The Hall–Kier alpha value is -1.55. The molecule has 0 saturated carbocycles. The fraction of sp³-hybridized carbons (Fsp3) is 0.743. The largest absolute Gasteiger partial charge is 0.459 e. The molecule has 0 aromatic heterocycles. The molecule has 1 aromatic rings. The van der Waals surface area contributed by atoms with E-state index < -0.39 is 76.5 Å². The Kier molecular flexibility index (Phi) is 16.8. The highest BCUT2D eigenvalue weighted by Crippen LogP contribution is 2.51. The van der Waals surface area contributed by atoms with Crippen LogP contribution in [0, 0.1) is 0 Å². The lowest BCUT2D eigenvalue weighted by Gasteiger charge is -2.46. The smallest absolute Gasteiger partial charge is 0.413 e. The molecule has 0 aliphatic heterocycles. The molecule has 3 atom stereocenters. The normalized spacial score (nSPS) is 15.9. The standard InChI is InChI=1S/C35H57F7O4Si2/c1-12-16-30(45-47(24(2)3,25(4)5)20-19-33(36,37)34(38,39)35(40,41)42)21-31(44-23-29-17-14-13-15-18-29)32(22-43)46-48(26(6)7,27(8)9)28(10)11/h12-15,17-18,22,24-28,30-32H,1,16,19-21,23H2,2-11H3/t30-,31+,32+/m0/s1. The first kappa shape index (κ1) is 44.5. The van der Waals surface area contributed by atoms with E-state index in [1.807, 2.05) is 30.3 Å². The van der Waals surface area contributed by atoms with Gasteiger partial charge in [-0.25, -0.2) is 0 Å². The lowest BCUT2D eigenvalue weighted by Crippen LogP contribution is -2.55. The van der Waals surface area contributed by atoms with Crippen LogP contribution < -0.4 is 0 Å². The van der Waals surface area contributed by atoms with Crippen molar-refractivity contribution in [2.75, 3.05) is 0 Å². The number of halogens is 7. The third-order valence-electron chi connectivity index (χ3n) is 9.77. The van der Waals surface area contributed by atoms with Crippen LogP contribution in [0.15, 0.2) is 43.0 Å². The number of carbonyl (C=O) groups excluding carboxylic acids is 1. The zero-order chi connectivity index (χ0) is 37.3. The molecule has 13 heteroatoms. The summed E-state index contributed by atoms with van der Waals surface area (Å²) in [7, 11) is -6.11. The average molecular weight is 731 g/mol. The van der Waals surface area contributed by atoms with Crippen LogP contribution in [-0.4, -0.2) is 59.3 Å². The fourth-order valence-corrected chi connectivity index (χ4v) is 17.3. The molecule has 0 amide bonds. The topological polar surface area (TPSA) is 44.8 Å². The summed E-state index contributed by atoms with van der Waals surface area (Å²) < 4.78 is 116. The number of alkyl halides is 7. The van der Waals surface area contributed by atoms with Gasteiger partial charge in [0.2, 0.25) is 8.32 Å². The van der Waals surface area contributed by atoms with Gasteiger partial charge in [0.05, 0.1) is 18.8 Å². The molecule has 0 bridgehead atoms. The van der Waals surface area contributed by atoms with Crippen molar-refractivity contribution in [2.24, 2.45) is 0 Å². The van der Waals surface area contributed by atoms with Crippen LogP contribution in [-0.2, 0) is 25.0 Å². The van der Waals surface area contributed by atoms with Crippen LogP contribution in [0.5, 0.6) is 0 Å². The van der Waals surface area contributed by atoms with Gasteiger partial charge >= 0.3 is 18.0 Å². The maximum absolute atomic E-state index is 14.6. The molecule has 48 heavy (non-hydrogen) atoms. The molecule has 278 valence electrons. The van der Waals surface area contributed by atoms with Gasteiger partial charge in [0.15, 0.2) is 8.32 Å². The third kappa shape index (κ3) is 10.5. The molecule has 0 radical (unpaired) electrons. The van der Waals surface area contributed by atoms with E-state index in [-0.39, 0.29) is 36.1 Å². The number of hydrogen-bond acceptors (Lipinski definition) is 4. The van der Waals surface area contributed by atoms with Crippen molar-refractivity contribution in [1.82, 2.24) is 0 Å². The predicted octanol–water partition coefficient (Wildman–Crippen LogP) is 11.7. The van der Waals surface area contributed by atoms with E-state index in [4.69, 9.17) is 13.6 Å². The molecule has 1 rings (SSSR count). The van der Waals surface area contributed by atoms with Crippen molar-refractivity contribution in [2.45, 2.75) is 165 Å². The first-order valence-corrected chi connectivity index (χ1v) is 21.3. The average Bonchev–Trinajstić information content (AvgIpc) is 2.97. The molecular formula is C35H57F7O4Si2. The van der Waals surface area contributed by atoms with Crippen molar-refractivity contribution >= 4 is 22.9 Å². The molecule has 0 heterocycles. The third-order valence-corrected chi connectivity index (χ3v) is 21.6. The number of rotatable bonds is 22. The lowest BCUT2D eigenvalue weighted by molar-refractivity contribution is -0.354. The number of benzene rings is 1. The van der Waals surface area contributed by atoms with E-state index in [0.29, 0.717) is 0 Å². The Balaban J connectivity index is 3.64. The Morgan fingerprint density at radius 2 is 1.27 bits per heavy atom. The van der Waals surface area contributed by atoms with Crippen molar-refractivity contribution in [3.63, 3.8) is 0 Å². The Bertz CT molecular complexity index is 1080. The predicted molar refractivity (Wildman–Crippen MR) is 183 cm³/mol. The van der Waals surface area contributed by atoms with Crippen molar-refractivity contribution in [3.05, 3.63) is 48.6 Å². The van der Waals surface area contributed by atoms with Gasteiger partial charge in [-0.1, -0.05) is 106 Å². The van der Waals surface area contributed by atoms with Gasteiger partial charge < -0.3 is 18.4 Å². The summed E-state index contributed by atoms with van der Waals surface area (Å²) >= 11 is 0. The van der Waals surface area contributed by atoms with Gasteiger partial charge in [0.25, 0.3) is 0 Å². The molecule has 1 aromatic carbocycles. The monoisotopic (exact) mass is 730 g/mol. The molecule has 0 aliphatic carbocycles. The molecule has 0 spiro atoms. The highest BCUT2D eigenvalue weighted by Gasteiger charge is 2.72. The fourth-order valence-electron chi connectivity index (χ4n) is 7.15. The van der Waals surface area contributed by atoms with E-state index in [0.717, 1.165) is 11.8 Å². The second-order valence-electron chi connectivity index (χ2n) is 14.4. The minimum absolute atomic E-state index is 0.0737. The maximum atomic E-state index is 14.6. The van der Waals surface area contributed by atoms with E-state index in [1.54, 1.807) is 33.8 Å². The second-order valence-corrected chi connectivity index (χ2v) is 24.8. The molecular weight excluding hydrogens is 674 g/mol. The molecule has 0 aliphatic rings. The summed E-state index contributed by atoms with van der Waals surface area (Å²) in [6.45, 7) is 23.3. The highest BCUT2D eigenvalue weighted by molar-refractivity contribution is 6.78. The molecule has 0 unspecified atom stereocenters. The maximum Gasteiger partial charge on any atom is 0.459 e. The Morgan fingerprint density at radius 3 is 1.67 bits per heavy atom. The minimum atomic E-state index is -6.41. The lowest BCUT2D eigenvalue weighted by atomic mass is 10.0. The van der Waals surface area contributed by atoms with Crippen molar-refractivity contribution in [3.8, 4) is 0 Å². The van der Waals surface area contributed by atoms with Crippen LogP contribution in [0.4, 0.5) is 30.7 Å². The zero-order valence-electron chi connectivity index (χ0n) is 30.2. The SMILES string of the molecule is C=CC[C@@H](C[C@@H](OCc1ccccc1)[C@@H](C=O)O[Si](C(C)C)(C(C)C)C(C)C)O[Si](CCC(F)(F)C(F)(F)C(F)(F)F)(C(C)C)C(C)C. The van der Waals surface area contributed by atoms with Crippen molar-refractivity contribution in [1.29, 1.82) is 0 Å². The number of ether oxygens (including phenoxy) is 1. The summed E-state index contributed by atoms with van der Waals surface area (Å²) in [6, 6.07) is 8.66. The Labute approximate surface area is 285 Å². The first-order chi connectivity index (χ1) is 22.0. The van der Waals surface area contributed by atoms with Crippen LogP contribution in [0.2, 0.25) is 33.7 Å². The zero-order valence-corrected chi connectivity index (χ0v) is 32.2. The van der Waals surface area contributed by atoms with Gasteiger partial charge in [-0.2, -0.15) is 30.7 Å². The van der Waals surface area contributed by atoms with Gasteiger partial charge in [0, 0.05) is 12.8 Å². The van der Waals surface area contributed by atoms with Gasteiger partial charge in [-0.15, -0.1) is 6.58 Å². The Morgan fingerprint density at radius 1 is 0.771 bits per heavy atom. The van der Waals surface area contributed by atoms with Crippen LogP contribution >= 0.6 is 0 Å². The number of carbonyl (C=O) groups is 1. The van der Waals surface area contributed by atoms with Crippen molar-refractivity contribution < 1.29 is 49.1 Å². The van der Waals surface area contributed by atoms with Crippen LogP contribution in [0.25, 0.3) is 0 Å². The summed E-state index contributed by atoms with van der Waals surface area (Å²) in [5.74, 6) is -11.5. The molecule has 0 fully saturated rings. The van der Waals surface area contributed by atoms with E-state index in [1.165, 1.54) is 0 Å². The molecule has 4 nitrogen and oxygen atoms in total. The summed E-state index contributed by atoms with van der Waals surface area (Å²) in [5, 5.41) is 0. The number of hydrogen-bond donors (Lipinski definition) is 0. The number of aldehydes is 1. The van der Waals surface area contributed by atoms with Gasteiger partial charge in [-0.05, 0) is 45.7 Å². The van der Waals surface area contributed by atoms with Gasteiger partial charge in [0.1, 0.15) is 12.4 Å². The first-order valence-electron chi connectivity index (χ1n) is 16.9. The second kappa shape index (κ2) is 18.1. The van der Waals surface area contributed by atoms with Crippen LogP contribution in [0.1, 0.15) is 94.1 Å². The molecule has 0 saturated heterocycles. The van der Waals surface area contributed by atoms with Gasteiger partial charge in [-0.3, -0.25) is 0 Å². The van der Waals surface area contributed by atoms with Crippen LogP contribution in [0.3, 0.4) is 0 Å². The summed E-state index contributed by atoms with van der Waals surface area (Å²) in [6.07, 6.45) is -8.16. The summed E-state index contributed by atoms with van der Waals surface area (Å²) in [4.78, 5) is 12.9. The molecule has 0 N–H and O–H groups in total.